The molecule has 0 aromatic heterocycles. The van der Waals surface area contributed by atoms with Gasteiger partial charge >= 0.3 is 0 Å². The molecule has 0 saturated carbocycles. The number of unbranched alkanes of at least 4 members (excludes halogenated alkanes) is 1. The second kappa shape index (κ2) is 6.96. The van der Waals surface area contributed by atoms with Crippen molar-refractivity contribution < 1.29 is 13.0 Å². The van der Waals surface area contributed by atoms with E-state index in [1.54, 1.807) is 0 Å². The van der Waals surface area contributed by atoms with E-state index in [1.807, 2.05) is 24.3 Å². The molecule has 0 aliphatic carbocycles. The average Bonchev–Trinajstić information content (AvgIpc) is 2.24. The van der Waals surface area contributed by atoms with E-state index in [4.69, 9.17) is 16.2 Å². The Morgan fingerprint density at radius 2 is 1.82 bits per heavy atom. The Morgan fingerprint density at radius 3 is 2.41 bits per heavy atom. The van der Waals surface area contributed by atoms with Gasteiger partial charge in [-0.05, 0) is 37.1 Å². The number of rotatable bonds is 7. The first kappa shape index (κ1) is 14.4. The van der Waals surface area contributed by atoms with Crippen LogP contribution in [0.1, 0.15) is 18.4 Å². The van der Waals surface area contributed by atoms with Gasteiger partial charge in [-0.25, -0.2) is 0 Å². The normalized spacial score (nSPS) is 11.6. The van der Waals surface area contributed by atoms with Crippen molar-refractivity contribution in [2.24, 2.45) is 0 Å². The Labute approximate surface area is 107 Å². The molecule has 4 nitrogen and oxygen atoms in total. The third-order valence-corrected chi connectivity index (χ3v) is 3.30. The number of halogens is 1. The molecule has 96 valence electrons. The Hall–Kier alpha value is -0.620. The average molecular weight is 278 g/mol. The molecule has 1 aromatic carbocycles. The molecule has 6 heteroatoms. The first-order valence-electron chi connectivity index (χ1n) is 5.38. The molecule has 0 amide bonds. The van der Waals surface area contributed by atoms with E-state index in [1.165, 1.54) is 0 Å². The summed E-state index contributed by atoms with van der Waals surface area (Å²) < 4.78 is 29.4. The Bertz CT molecular complexity index is 431. The molecule has 0 heterocycles. The summed E-state index contributed by atoms with van der Waals surface area (Å²) in [7, 11) is -3.81. The molecule has 0 atom stereocenters. The van der Waals surface area contributed by atoms with Gasteiger partial charge in [-0.3, -0.25) is 4.55 Å². The minimum Gasteiger partial charge on any atom is -0.313 e. The van der Waals surface area contributed by atoms with Crippen LogP contribution in [0.4, 0.5) is 0 Å². The molecule has 0 bridgehead atoms. The Kier molecular flexibility index (Phi) is 5.91. The molecule has 2 N–H and O–H groups in total. The van der Waals surface area contributed by atoms with Gasteiger partial charge in [0.1, 0.15) is 0 Å². The van der Waals surface area contributed by atoms with E-state index in [0.717, 1.165) is 18.7 Å². The van der Waals surface area contributed by atoms with Gasteiger partial charge in [0, 0.05) is 11.6 Å². The number of benzene rings is 1. The Morgan fingerprint density at radius 1 is 1.18 bits per heavy atom. The summed E-state index contributed by atoms with van der Waals surface area (Å²) in [6.45, 7) is 1.45. The molecular formula is C11H16ClNO3S. The summed E-state index contributed by atoms with van der Waals surface area (Å²) in [5, 5.41) is 3.90. The lowest BCUT2D eigenvalue weighted by molar-refractivity contribution is 0.479. The lowest BCUT2D eigenvalue weighted by Crippen LogP contribution is -2.15. The molecule has 0 unspecified atom stereocenters. The maximum absolute atomic E-state index is 10.4. The third kappa shape index (κ3) is 7.33. The van der Waals surface area contributed by atoms with Crippen molar-refractivity contribution in [3.8, 4) is 0 Å². The summed E-state index contributed by atoms with van der Waals surface area (Å²) in [5.41, 5.74) is 1.13. The van der Waals surface area contributed by atoms with Crippen LogP contribution < -0.4 is 5.32 Å². The van der Waals surface area contributed by atoms with Crippen LogP contribution >= 0.6 is 11.6 Å². The quantitative estimate of drug-likeness (QED) is 0.592. The largest absolute Gasteiger partial charge is 0.313 e. The number of hydrogen-bond acceptors (Lipinski definition) is 3. The fraction of sp³-hybridized carbons (Fsp3) is 0.455. The van der Waals surface area contributed by atoms with Gasteiger partial charge in [0.15, 0.2) is 0 Å². The molecule has 0 spiro atoms. The second-order valence-corrected chi connectivity index (χ2v) is 5.80. The highest BCUT2D eigenvalue weighted by Crippen LogP contribution is 2.09. The monoisotopic (exact) mass is 277 g/mol. The van der Waals surface area contributed by atoms with Crippen LogP contribution in [-0.2, 0) is 16.7 Å². The first-order chi connectivity index (χ1) is 7.97. The molecule has 0 aliphatic heterocycles. The zero-order valence-electron chi connectivity index (χ0n) is 9.39. The van der Waals surface area contributed by atoms with Crippen LogP contribution in [0.15, 0.2) is 24.3 Å². The fourth-order valence-corrected chi connectivity index (χ4v) is 2.06. The van der Waals surface area contributed by atoms with Gasteiger partial charge in [-0.15, -0.1) is 0 Å². The number of hydrogen-bond donors (Lipinski definition) is 2. The summed E-state index contributed by atoms with van der Waals surface area (Å²) in [6, 6.07) is 7.54. The lowest BCUT2D eigenvalue weighted by Gasteiger charge is -2.04. The predicted molar refractivity (Wildman–Crippen MR) is 68.8 cm³/mol. The molecule has 0 saturated heterocycles. The van der Waals surface area contributed by atoms with Crippen molar-refractivity contribution in [1.82, 2.24) is 5.32 Å². The van der Waals surface area contributed by atoms with E-state index >= 15 is 0 Å². The van der Waals surface area contributed by atoms with Gasteiger partial charge in [-0.2, -0.15) is 8.42 Å². The molecule has 0 aliphatic rings. The third-order valence-electron chi connectivity index (χ3n) is 2.25. The maximum atomic E-state index is 10.4. The van der Waals surface area contributed by atoms with Crippen molar-refractivity contribution in [2.75, 3.05) is 12.3 Å². The summed E-state index contributed by atoms with van der Waals surface area (Å²) >= 11 is 5.76. The highest BCUT2D eigenvalue weighted by Gasteiger charge is 2.02. The van der Waals surface area contributed by atoms with Crippen LogP contribution in [0, 0.1) is 0 Å². The molecule has 0 radical (unpaired) electrons. The summed E-state index contributed by atoms with van der Waals surface area (Å²) in [5.74, 6) is -0.171. The van der Waals surface area contributed by atoms with Crippen molar-refractivity contribution in [3.05, 3.63) is 34.9 Å². The van der Waals surface area contributed by atoms with Gasteiger partial charge in [0.2, 0.25) is 0 Å². The van der Waals surface area contributed by atoms with E-state index in [9.17, 15) is 8.42 Å². The van der Waals surface area contributed by atoms with Crippen LogP contribution in [0.3, 0.4) is 0 Å². The second-order valence-electron chi connectivity index (χ2n) is 3.80. The lowest BCUT2D eigenvalue weighted by atomic mass is 10.2. The van der Waals surface area contributed by atoms with Crippen LogP contribution in [0.2, 0.25) is 5.02 Å². The summed E-state index contributed by atoms with van der Waals surface area (Å²) in [6.07, 6.45) is 1.18. The van der Waals surface area contributed by atoms with Crippen molar-refractivity contribution >= 4 is 21.7 Å². The smallest absolute Gasteiger partial charge is 0.264 e. The molecule has 1 aromatic rings. The SMILES string of the molecule is O=S(=O)(O)CCCCNCc1ccc(Cl)cc1. The maximum Gasteiger partial charge on any atom is 0.264 e. The van der Waals surface area contributed by atoms with E-state index in [0.29, 0.717) is 17.9 Å². The van der Waals surface area contributed by atoms with Crippen LogP contribution in [0.25, 0.3) is 0 Å². The predicted octanol–water partition coefficient (Wildman–Crippen LogP) is 2.10. The fourth-order valence-electron chi connectivity index (χ4n) is 1.37. The standard InChI is InChI=1S/C11H16ClNO3S/c12-11-5-3-10(4-6-11)9-13-7-1-2-8-17(14,15)16/h3-6,13H,1-2,7-9H2,(H,14,15,16). The van der Waals surface area contributed by atoms with Gasteiger partial charge in [0.25, 0.3) is 10.1 Å². The molecule has 1 rings (SSSR count). The van der Waals surface area contributed by atoms with Gasteiger partial charge in [-0.1, -0.05) is 23.7 Å². The van der Waals surface area contributed by atoms with Crippen molar-refractivity contribution in [2.45, 2.75) is 19.4 Å². The molecule has 17 heavy (non-hydrogen) atoms. The molecular weight excluding hydrogens is 262 g/mol. The highest BCUT2D eigenvalue weighted by molar-refractivity contribution is 7.85. The topological polar surface area (TPSA) is 66.4 Å². The van der Waals surface area contributed by atoms with E-state index < -0.39 is 10.1 Å². The van der Waals surface area contributed by atoms with Crippen LogP contribution in [-0.4, -0.2) is 25.3 Å². The van der Waals surface area contributed by atoms with E-state index in [2.05, 4.69) is 5.32 Å². The Balaban J connectivity index is 2.10. The molecule has 0 fully saturated rings. The zero-order chi connectivity index (χ0) is 12.7. The van der Waals surface area contributed by atoms with Gasteiger partial charge < -0.3 is 5.32 Å². The highest BCUT2D eigenvalue weighted by atomic mass is 35.5. The zero-order valence-corrected chi connectivity index (χ0v) is 11.0. The van der Waals surface area contributed by atoms with Crippen molar-refractivity contribution in [3.63, 3.8) is 0 Å². The first-order valence-corrected chi connectivity index (χ1v) is 7.36. The number of nitrogens with one attached hydrogen (secondary N) is 1. The van der Waals surface area contributed by atoms with E-state index in [-0.39, 0.29) is 5.75 Å². The van der Waals surface area contributed by atoms with Gasteiger partial charge in [0.05, 0.1) is 5.75 Å². The minimum absolute atomic E-state index is 0.171. The summed E-state index contributed by atoms with van der Waals surface area (Å²) in [4.78, 5) is 0. The van der Waals surface area contributed by atoms with Crippen molar-refractivity contribution in [1.29, 1.82) is 0 Å². The van der Waals surface area contributed by atoms with Crippen LogP contribution in [0.5, 0.6) is 0 Å². The minimum atomic E-state index is -3.81.